The first-order valence-electron chi connectivity index (χ1n) is 16.9. The van der Waals surface area contributed by atoms with Gasteiger partial charge in [0.25, 0.3) is 0 Å². The smallest absolute Gasteiger partial charge is 0.402 e. The van der Waals surface area contributed by atoms with E-state index in [2.05, 4.69) is 0 Å². The molecule has 21 heteroatoms. The maximum Gasteiger partial charge on any atom is 0.402 e. The summed E-state index contributed by atoms with van der Waals surface area (Å²) in [5, 5.41) is 135. The summed E-state index contributed by atoms with van der Waals surface area (Å²) in [6.45, 7) is -2.42. The number of fused-ring (bicyclic) bond motifs is 1. The molecule has 0 amide bonds. The van der Waals surface area contributed by atoms with Crippen molar-refractivity contribution in [2.75, 3.05) is 26.9 Å². The molecule has 0 unspecified atom stereocenters. The van der Waals surface area contributed by atoms with Crippen LogP contribution in [0.5, 0.6) is 28.7 Å². The summed E-state index contributed by atoms with van der Waals surface area (Å²) in [7, 11) is 1.28. The number of methoxy groups -OCH3 is 1. The Balaban J connectivity index is 1.45. The molecule has 15 atom stereocenters. The highest BCUT2D eigenvalue weighted by Gasteiger charge is 2.52. The largest absolute Gasteiger partial charge is 0.507 e. The third-order valence-corrected chi connectivity index (χ3v) is 9.54. The van der Waals surface area contributed by atoms with Gasteiger partial charge in [-0.3, -0.25) is 0 Å². The second kappa shape index (κ2) is 16.8. The number of rotatable bonds is 11. The molecule has 3 fully saturated rings. The zero-order chi connectivity index (χ0) is 39.9. The Morgan fingerprint density at radius 2 is 1.13 bits per heavy atom. The molecule has 0 spiro atoms. The van der Waals surface area contributed by atoms with Gasteiger partial charge in [0.05, 0.1) is 38.6 Å². The number of hydrogen-bond acceptors (Lipinski definition) is 20. The van der Waals surface area contributed by atoms with E-state index in [1.54, 1.807) is 0 Å². The average Bonchev–Trinajstić information content (AvgIpc) is 3.17. The molecule has 0 aliphatic carbocycles. The van der Waals surface area contributed by atoms with Crippen LogP contribution in [0.2, 0.25) is 0 Å². The van der Waals surface area contributed by atoms with Crippen molar-refractivity contribution in [1.29, 1.82) is 0 Å². The highest BCUT2D eigenvalue weighted by Crippen LogP contribution is 2.44. The molecule has 0 bridgehead atoms. The van der Waals surface area contributed by atoms with Gasteiger partial charge in [0, 0.05) is 18.2 Å². The molecule has 3 aliphatic rings. The average molecular weight is 788 g/mol. The maximum absolute atomic E-state index is 11.2. The van der Waals surface area contributed by atoms with Crippen LogP contribution < -0.4 is 14.2 Å². The van der Waals surface area contributed by atoms with Gasteiger partial charge in [-0.1, -0.05) is 0 Å². The molecule has 4 heterocycles. The van der Waals surface area contributed by atoms with E-state index in [0.717, 1.165) is 6.07 Å². The summed E-state index contributed by atoms with van der Waals surface area (Å²) in [6, 6.07) is 7.52. The highest BCUT2D eigenvalue weighted by atomic mass is 16.8. The lowest BCUT2D eigenvalue weighted by Gasteiger charge is -2.45. The second-order valence-electron chi connectivity index (χ2n) is 13.1. The quantitative estimate of drug-likeness (QED) is 0.0823. The van der Waals surface area contributed by atoms with E-state index in [4.69, 9.17) is 37.6 Å². The molecule has 55 heavy (non-hydrogen) atoms. The van der Waals surface area contributed by atoms with Crippen LogP contribution in [0.25, 0.3) is 22.3 Å². The third kappa shape index (κ3) is 7.96. The topological polar surface area (TPSA) is 339 Å². The minimum Gasteiger partial charge on any atom is -0.507 e. The van der Waals surface area contributed by atoms with E-state index in [1.807, 2.05) is 0 Å². The van der Waals surface area contributed by atoms with Crippen LogP contribution >= 0.6 is 0 Å². The Kier molecular flexibility index (Phi) is 12.5. The number of aliphatic hydroxyl groups excluding tert-OH is 11. The van der Waals surface area contributed by atoms with Crippen LogP contribution in [-0.4, -0.2) is 185 Å². The molecule has 3 aliphatic heterocycles. The molecule has 21 nitrogen and oxygen atoms in total. The highest BCUT2D eigenvalue weighted by molar-refractivity contribution is 5.89. The van der Waals surface area contributed by atoms with Crippen molar-refractivity contribution in [3.05, 3.63) is 36.4 Å². The standard InChI is InChI=1S/C34H42O21/c1-48-17-4-11(2-3-14(17)39)30-18(7-13-15(49-30)5-12(38)6-16(13)50-32-28(46)25(43)22(40)19(8-35)52-32)51-34-31(27(45)24(42)21(10-37)54-34)55-33-29(47)26(44)23(41)20(9-36)53-33/h2-7,19-29,31-37,40-47H,8-10H2,1H3,(H-,38,39)/p+1/t19-,20+,21+,22-,23-,24-,25+,26+,27-,28-,29-,31+,32-,33+,34-/m1/s1. The van der Waals surface area contributed by atoms with E-state index in [-0.39, 0.29) is 45.3 Å². The number of phenols is 2. The van der Waals surface area contributed by atoms with E-state index in [1.165, 1.54) is 37.4 Å². The molecule has 3 aromatic rings. The SMILES string of the molecule is COc1cc(-c2[o+]c3cc(O)cc(O[C@@H]4O[C@H](CO)[C@@H](O)[C@H](O)[C@H]4O)c3cc2O[C@@H]2O[C@@H](CO)[C@@H](O)[C@@H](O)[C@@H]2O[C@@H]2O[C@@H](CO)[C@@H](O)[C@H](O)[C@H]2O)ccc1O. The zero-order valence-electron chi connectivity index (χ0n) is 28.8. The summed E-state index contributed by atoms with van der Waals surface area (Å²) in [5.74, 6) is -1.40. The van der Waals surface area contributed by atoms with E-state index in [0.29, 0.717) is 0 Å². The predicted octanol–water partition coefficient (Wildman–Crippen LogP) is -4.02. The lowest BCUT2D eigenvalue weighted by Crippen LogP contribution is -2.65. The van der Waals surface area contributed by atoms with E-state index in [9.17, 15) is 66.4 Å². The lowest BCUT2D eigenvalue weighted by molar-refractivity contribution is -0.357. The number of benzene rings is 2. The van der Waals surface area contributed by atoms with Gasteiger partial charge in [-0.2, -0.15) is 0 Å². The van der Waals surface area contributed by atoms with Gasteiger partial charge in [-0.05, 0) is 12.1 Å². The molecule has 0 saturated carbocycles. The fourth-order valence-electron chi connectivity index (χ4n) is 6.42. The van der Waals surface area contributed by atoms with Gasteiger partial charge < -0.3 is 99.5 Å². The van der Waals surface area contributed by atoms with Gasteiger partial charge in [0.2, 0.25) is 18.3 Å². The number of hydrogen-bond donors (Lipinski definition) is 13. The van der Waals surface area contributed by atoms with Crippen molar-refractivity contribution < 1.29 is 104 Å². The fraction of sp³-hybridized carbons (Fsp3) is 0.559. The molecule has 6 rings (SSSR count). The summed E-state index contributed by atoms with van der Waals surface area (Å²) >= 11 is 0. The molecule has 0 radical (unpaired) electrons. The first-order valence-corrected chi connectivity index (χ1v) is 16.9. The lowest BCUT2D eigenvalue weighted by atomic mass is 9.97. The molecule has 2 aromatic carbocycles. The Hall–Kier alpha value is -3.75. The molecular weight excluding hydrogens is 744 g/mol. The van der Waals surface area contributed by atoms with Crippen molar-refractivity contribution in [2.45, 2.75) is 92.1 Å². The summed E-state index contributed by atoms with van der Waals surface area (Å²) < 4.78 is 46.0. The molecule has 3 saturated heterocycles. The summed E-state index contributed by atoms with van der Waals surface area (Å²) in [6.07, 6.45) is -26.2. The van der Waals surface area contributed by atoms with Crippen molar-refractivity contribution in [2.24, 2.45) is 0 Å². The van der Waals surface area contributed by atoms with Gasteiger partial charge in [-0.25, -0.2) is 4.42 Å². The Bertz CT molecular complexity index is 1770. The van der Waals surface area contributed by atoms with Crippen molar-refractivity contribution in [3.63, 3.8) is 0 Å². The second-order valence-corrected chi connectivity index (χ2v) is 13.1. The minimum absolute atomic E-state index is 0.0132. The summed E-state index contributed by atoms with van der Waals surface area (Å²) in [4.78, 5) is 0. The van der Waals surface area contributed by atoms with Crippen LogP contribution in [0.3, 0.4) is 0 Å². The number of aromatic hydroxyl groups is 2. The van der Waals surface area contributed by atoms with Crippen LogP contribution in [-0.2, 0) is 18.9 Å². The van der Waals surface area contributed by atoms with Gasteiger partial charge in [-0.15, -0.1) is 0 Å². The first-order chi connectivity index (χ1) is 26.2. The van der Waals surface area contributed by atoms with E-state index < -0.39 is 118 Å². The van der Waals surface area contributed by atoms with Crippen LogP contribution in [0.15, 0.2) is 40.8 Å². The zero-order valence-corrected chi connectivity index (χ0v) is 28.8. The molecule has 1 aromatic heterocycles. The molecule has 13 N–H and O–H groups in total. The maximum atomic E-state index is 11.2. The van der Waals surface area contributed by atoms with Gasteiger partial charge >= 0.3 is 11.3 Å². The van der Waals surface area contributed by atoms with Crippen molar-refractivity contribution in [1.82, 2.24) is 0 Å². The van der Waals surface area contributed by atoms with Crippen molar-refractivity contribution in [3.8, 4) is 40.1 Å². The molecular formula is C34H43O21+. The monoisotopic (exact) mass is 787 g/mol. The van der Waals surface area contributed by atoms with Crippen LogP contribution in [0, 0.1) is 0 Å². The molecule has 304 valence electrons. The predicted molar refractivity (Wildman–Crippen MR) is 177 cm³/mol. The van der Waals surface area contributed by atoms with Crippen molar-refractivity contribution >= 4 is 11.0 Å². The third-order valence-electron chi connectivity index (χ3n) is 9.54. The number of ether oxygens (including phenoxy) is 7. The van der Waals surface area contributed by atoms with Gasteiger partial charge in [0.15, 0.2) is 23.9 Å². The van der Waals surface area contributed by atoms with Gasteiger partial charge in [0.1, 0.15) is 84.0 Å². The van der Waals surface area contributed by atoms with Crippen LogP contribution in [0.4, 0.5) is 0 Å². The Labute approximate surface area is 310 Å². The normalized spacial score (nSPS) is 36.8. The minimum atomic E-state index is -1.95. The Morgan fingerprint density at radius 3 is 1.73 bits per heavy atom. The van der Waals surface area contributed by atoms with E-state index >= 15 is 0 Å². The number of phenolic OH excluding ortho intramolecular Hbond substituents is 2. The fourth-order valence-corrected chi connectivity index (χ4v) is 6.42. The van der Waals surface area contributed by atoms with Crippen LogP contribution in [0.1, 0.15) is 0 Å². The first kappa shape index (κ1) is 40.9. The summed E-state index contributed by atoms with van der Waals surface area (Å²) in [5.41, 5.74) is 0.0733. The Morgan fingerprint density at radius 1 is 0.582 bits per heavy atom. The number of aliphatic hydroxyl groups is 11.